The number of nitrogens with zero attached hydrogens (tertiary/aromatic N) is 1. The van der Waals surface area contributed by atoms with Crippen LogP contribution in [-0.2, 0) is 6.61 Å². The van der Waals surface area contributed by atoms with Gasteiger partial charge in [0.05, 0.1) is 25.3 Å². The van der Waals surface area contributed by atoms with E-state index < -0.39 is 0 Å². The van der Waals surface area contributed by atoms with E-state index in [2.05, 4.69) is 36.4 Å². The molecule has 4 rings (SSSR count). The van der Waals surface area contributed by atoms with Crippen molar-refractivity contribution in [2.45, 2.75) is 20.5 Å². The minimum Gasteiger partial charge on any atom is -0.497 e. The van der Waals surface area contributed by atoms with Crippen molar-refractivity contribution in [3.8, 4) is 45.6 Å². The topological polar surface area (TPSA) is 51.5 Å². The third-order valence-electron chi connectivity index (χ3n) is 5.62. The predicted octanol–water partition coefficient (Wildman–Crippen LogP) is 7.19. The summed E-state index contributed by atoms with van der Waals surface area (Å²) in [6, 6.07) is 30.2. The maximum Gasteiger partial charge on any atom is 0.122 e. The van der Waals surface area contributed by atoms with Crippen molar-refractivity contribution in [1.82, 2.24) is 0 Å². The summed E-state index contributed by atoms with van der Waals surface area (Å²) in [5.74, 6) is 2.50. The van der Waals surface area contributed by atoms with E-state index in [9.17, 15) is 0 Å². The highest BCUT2D eigenvalue weighted by atomic mass is 16.5. The van der Waals surface area contributed by atoms with Gasteiger partial charge in [-0.05, 0) is 108 Å². The Bertz CT molecular complexity index is 1300. The fourth-order valence-corrected chi connectivity index (χ4v) is 3.83. The van der Waals surface area contributed by atoms with Gasteiger partial charge in [0.2, 0.25) is 0 Å². The highest BCUT2D eigenvalue weighted by Gasteiger charge is 2.08. The van der Waals surface area contributed by atoms with Crippen LogP contribution in [0.15, 0.2) is 84.9 Å². The zero-order valence-corrected chi connectivity index (χ0v) is 19.7. The van der Waals surface area contributed by atoms with Gasteiger partial charge in [0.1, 0.15) is 23.9 Å². The Hall–Kier alpha value is -4.23. The maximum atomic E-state index is 9.14. The van der Waals surface area contributed by atoms with Crippen LogP contribution in [0.2, 0.25) is 0 Å². The van der Waals surface area contributed by atoms with Crippen LogP contribution in [0.4, 0.5) is 0 Å². The van der Waals surface area contributed by atoms with E-state index in [1.807, 2.05) is 68.4 Å². The Morgan fingerprint density at radius 1 is 0.706 bits per heavy atom. The first-order valence-corrected chi connectivity index (χ1v) is 11.2. The number of hydrogen-bond donors (Lipinski definition) is 0. The molecule has 0 amide bonds. The number of methoxy groups -OCH3 is 1. The summed E-state index contributed by atoms with van der Waals surface area (Å²) in [6.45, 7) is 5.06. The molecule has 0 saturated carbocycles. The molecule has 4 heteroatoms. The van der Waals surface area contributed by atoms with Crippen LogP contribution < -0.4 is 14.2 Å². The van der Waals surface area contributed by atoms with Gasteiger partial charge in [-0.25, -0.2) is 0 Å². The molecule has 0 atom stereocenters. The monoisotopic (exact) mass is 449 g/mol. The van der Waals surface area contributed by atoms with Gasteiger partial charge in [-0.15, -0.1) is 0 Å². The van der Waals surface area contributed by atoms with E-state index in [4.69, 9.17) is 19.5 Å². The highest BCUT2D eigenvalue weighted by Crippen LogP contribution is 2.31. The molecule has 0 aromatic heterocycles. The van der Waals surface area contributed by atoms with E-state index in [0.717, 1.165) is 50.6 Å². The van der Waals surface area contributed by atoms with Crippen molar-refractivity contribution in [3.63, 3.8) is 0 Å². The second kappa shape index (κ2) is 10.6. The van der Waals surface area contributed by atoms with Gasteiger partial charge in [0.15, 0.2) is 0 Å². The van der Waals surface area contributed by atoms with Crippen LogP contribution in [0.5, 0.6) is 17.2 Å². The average molecular weight is 450 g/mol. The predicted molar refractivity (Wildman–Crippen MR) is 135 cm³/mol. The van der Waals surface area contributed by atoms with Crippen LogP contribution in [0.1, 0.15) is 23.6 Å². The molecule has 0 radical (unpaired) electrons. The SMILES string of the molecule is CCOc1ccc(OCc2cc(-c3ccc(C#N)cc3)cc(-c3ccc(OC)cc3)c2)cc1C. The van der Waals surface area contributed by atoms with Crippen molar-refractivity contribution in [1.29, 1.82) is 5.26 Å². The Morgan fingerprint density at radius 3 is 1.88 bits per heavy atom. The lowest BCUT2D eigenvalue weighted by Crippen LogP contribution is -1.99. The minimum atomic E-state index is 0.431. The summed E-state index contributed by atoms with van der Waals surface area (Å²) in [4.78, 5) is 0. The molecule has 0 aliphatic rings. The highest BCUT2D eigenvalue weighted by molar-refractivity contribution is 5.74. The molecule has 0 spiro atoms. The molecule has 4 nitrogen and oxygen atoms in total. The van der Waals surface area contributed by atoms with Crippen LogP contribution in [0.25, 0.3) is 22.3 Å². The number of nitriles is 1. The molecule has 0 unspecified atom stereocenters. The van der Waals surface area contributed by atoms with Crippen molar-refractivity contribution >= 4 is 0 Å². The molecule has 0 aliphatic heterocycles. The maximum absolute atomic E-state index is 9.14. The van der Waals surface area contributed by atoms with Gasteiger partial charge in [0, 0.05) is 0 Å². The Morgan fingerprint density at radius 2 is 1.32 bits per heavy atom. The van der Waals surface area contributed by atoms with E-state index in [-0.39, 0.29) is 0 Å². The van der Waals surface area contributed by atoms with Crippen molar-refractivity contribution < 1.29 is 14.2 Å². The zero-order valence-electron chi connectivity index (χ0n) is 19.7. The third-order valence-corrected chi connectivity index (χ3v) is 5.62. The number of benzene rings is 4. The third kappa shape index (κ3) is 5.39. The van der Waals surface area contributed by atoms with Gasteiger partial charge >= 0.3 is 0 Å². The van der Waals surface area contributed by atoms with Gasteiger partial charge < -0.3 is 14.2 Å². The first-order valence-electron chi connectivity index (χ1n) is 11.2. The molecule has 0 aliphatic carbocycles. The Labute approximate surface area is 201 Å². The molecule has 0 fully saturated rings. The number of rotatable bonds is 8. The van der Waals surface area contributed by atoms with Gasteiger partial charge in [-0.2, -0.15) is 5.26 Å². The lowest BCUT2D eigenvalue weighted by Gasteiger charge is -2.13. The first kappa shape index (κ1) is 22.9. The molecule has 0 N–H and O–H groups in total. The normalized spacial score (nSPS) is 10.4. The van der Waals surface area contributed by atoms with Gasteiger partial charge in [-0.3, -0.25) is 0 Å². The average Bonchev–Trinajstić information content (AvgIpc) is 2.89. The molecule has 4 aromatic rings. The number of aryl methyl sites for hydroxylation is 1. The summed E-state index contributed by atoms with van der Waals surface area (Å²) >= 11 is 0. The number of hydrogen-bond acceptors (Lipinski definition) is 4. The zero-order chi connectivity index (χ0) is 23.9. The van der Waals surface area contributed by atoms with E-state index in [1.54, 1.807) is 7.11 Å². The van der Waals surface area contributed by atoms with Crippen LogP contribution in [-0.4, -0.2) is 13.7 Å². The lowest BCUT2D eigenvalue weighted by molar-refractivity contribution is 0.303. The van der Waals surface area contributed by atoms with Crippen LogP contribution in [0.3, 0.4) is 0 Å². The summed E-state index contributed by atoms with van der Waals surface area (Å²) < 4.78 is 17.1. The fourth-order valence-electron chi connectivity index (χ4n) is 3.83. The van der Waals surface area contributed by atoms with Crippen LogP contribution in [0, 0.1) is 18.3 Å². The Kier molecular flexibility index (Phi) is 7.15. The summed E-state index contributed by atoms with van der Waals surface area (Å²) in [6.07, 6.45) is 0. The molecular formula is C30H27NO3. The number of ether oxygens (including phenoxy) is 3. The molecule has 0 bridgehead atoms. The molecular weight excluding hydrogens is 422 g/mol. The quantitative estimate of drug-likeness (QED) is 0.286. The van der Waals surface area contributed by atoms with Crippen LogP contribution >= 0.6 is 0 Å². The Balaban J connectivity index is 1.66. The first-order chi connectivity index (χ1) is 16.6. The van der Waals surface area contributed by atoms with E-state index >= 15 is 0 Å². The summed E-state index contributed by atoms with van der Waals surface area (Å²) in [7, 11) is 1.67. The standard InChI is InChI=1S/C30H27NO3/c1-4-33-30-14-13-29(15-21(30)2)34-20-23-16-26(24-7-5-22(19-31)6-8-24)18-27(17-23)25-9-11-28(32-3)12-10-25/h5-18H,4,20H2,1-3H3. The molecule has 0 heterocycles. The summed E-state index contributed by atoms with van der Waals surface area (Å²) in [5, 5.41) is 9.14. The fraction of sp³-hybridized carbons (Fsp3) is 0.167. The molecule has 34 heavy (non-hydrogen) atoms. The second-order valence-corrected chi connectivity index (χ2v) is 7.99. The summed E-state index contributed by atoms with van der Waals surface area (Å²) in [5.41, 5.74) is 7.04. The largest absolute Gasteiger partial charge is 0.497 e. The van der Waals surface area contributed by atoms with Gasteiger partial charge in [0.25, 0.3) is 0 Å². The smallest absolute Gasteiger partial charge is 0.122 e. The second-order valence-electron chi connectivity index (χ2n) is 7.99. The molecule has 170 valence electrons. The van der Waals surface area contributed by atoms with Crippen molar-refractivity contribution in [2.24, 2.45) is 0 Å². The minimum absolute atomic E-state index is 0.431. The van der Waals surface area contributed by atoms with Crippen molar-refractivity contribution in [2.75, 3.05) is 13.7 Å². The van der Waals surface area contributed by atoms with Gasteiger partial charge in [-0.1, -0.05) is 24.3 Å². The molecule has 0 saturated heterocycles. The van der Waals surface area contributed by atoms with E-state index in [0.29, 0.717) is 18.8 Å². The van der Waals surface area contributed by atoms with Crippen molar-refractivity contribution in [3.05, 3.63) is 102 Å². The van der Waals surface area contributed by atoms with E-state index in [1.165, 1.54) is 0 Å². The lowest BCUT2D eigenvalue weighted by atomic mass is 9.96. The molecule has 4 aromatic carbocycles.